The van der Waals surface area contributed by atoms with E-state index < -0.39 is 0 Å². The summed E-state index contributed by atoms with van der Waals surface area (Å²) in [6, 6.07) is 4.46. The first kappa shape index (κ1) is 11.3. The van der Waals surface area contributed by atoms with Crippen LogP contribution in [0, 0.1) is 18.7 Å². The van der Waals surface area contributed by atoms with E-state index in [1.54, 1.807) is 13.0 Å². The van der Waals surface area contributed by atoms with Gasteiger partial charge in [0.25, 0.3) is 0 Å². The minimum atomic E-state index is -0.352. The number of hydrogen-bond donors (Lipinski definition) is 0. The number of ketones is 1. The van der Waals surface area contributed by atoms with Crippen molar-refractivity contribution in [3.8, 4) is 0 Å². The van der Waals surface area contributed by atoms with Gasteiger partial charge in [-0.05, 0) is 44.0 Å². The smallest absolute Gasteiger partial charge is 0.168 e. The lowest BCUT2D eigenvalue weighted by Gasteiger charge is -2.07. The van der Waals surface area contributed by atoms with Gasteiger partial charge >= 0.3 is 0 Å². The first-order chi connectivity index (χ1) is 7.56. The number of hydrogen-bond acceptors (Lipinski definition) is 2. The Balaban J connectivity index is 2.20. The van der Waals surface area contributed by atoms with Gasteiger partial charge in [-0.1, -0.05) is 0 Å². The number of carbonyl (C=O) groups is 1. The summed E-state index contributed by atoms with van der Waals surface area (Å²) < 4.78 is 18.5. The van der Waals surface area contributed by atoms with Crippen LogP contribution in [0.4, 0.5) is 4.39 Å². The Morgan fingerprint density at radius 1 is 1.44 bits per heavy atom. The van der Waals surface area contributed by atoms with Gasteiger partial charge in [0.2, 0.25) is 0 Å². The van der Waals surface area contributed by atoms with Crippen molar-refractivity contribution >= 4 is 5.78 Å². The van der Waals surface area contributed by atoms with Crippen LogP contribution in [0.15, 0.2) is 18.2 Å². The van der Waals surface area contributed by atoms with Crippen LogP contribution in [-0.2, 0) is 4.74 Å². The maximum absolute atomic E-state index is 13.2. The number of halogens is 1. The summed E-state index contributed by atoms with van der Waals surface area (Å²) in [5, 5.41) is 0. The number of aryl methyl sites for hydroxylation is 1. The number of Topliss-reactive ketones (excluding diaryl/α,β-unsaturated/α-hetero) is 1. The molecule has 1 aromatic carbocycles. The molecule has 1 fully saturated rings. The van der Waals surface area contributed by atoms with E-state index >= 15 is 0 Å². The van der Waals surface area contributed by atoms with Crippen LogP contribution in [0.1, 0.15) is 29.3 Å². The predicted molar refractivity (Wildman–Crippen MR) is 59.0 cm³/mol. The van der Waals surface area contributed by atoms with E-state index in [9.17, 15) is 9.18 Å². The van der Waals surface area contributed by atoms with E-state index in [-0.39, 0.29) is 23.6 Å². The lowest BCUT2D eigenvalue weighted by molar-refractivity contribution is 0.0877. The SMILES string of the molecule is Cc1cc(F)cc(C(=O)C2COC(C)C2)c1. The van der Waals surface area contributed by atoms with Gasteiger partial charge in [-0.25, -0.2) is 4.39 Å². The molecule has 0 bridgehead atoms. The largest absolute Gasteiger partial charge is 0.378 e. The van der Waals surface area contributed by atoms with Crippen LogP contribution in [0.25, 0.3) is 0 Å². The van der Waals surface area contributed by atoms with Gasteiger partial charge < -0.3 is 4.74 Å². The van der Waals surface area contributed by atoms with E-state index in [1.807, 2.05) is 6.92 Å². The van der Waals surface area contributed by atoms with Crippen LogP contribution in [0.2, 0.25) is 0 Å². The normalized spacial score (nSPS) is 24.7. The molecule has 0 spiro atoms. The van der Waals surface area contributed by atoms with E-state index in [2.05, 4.69) is 0 Å². The molecular formula is C13H15FO2. The summed E-state index contributed by atoms with van der Waals surface area (Å²) in [6.45, 7) is 4.19. The Labute approximate surface area is 94.4 Å². The highest BCUT2D eigenvalue weighted by Crippen LogP contribution is 2.23. The van der Waals surface area contributed by atoms with Crippen LogP contribution in [0.5, 0.6) is 0 Å². The summed E-state index contributed by atoms with van der Waals surface area (Å²) in [4.78, 5) is 12.1. The number of benzene rings is 1. The van der Waals surface area contributed by atoms with Crippen molar-refractivity contribution in [2.75, 3.05) is 6.61 Å². The Kier molecular flexibility index (Phi) is 3.06. The van der Waals surface area contributed by atoms with Gasteiger partial charge in [0.1, 0.15) is 5.82 Å². The van der Waals surface area contributed by atoms with Crippen molar-refractivity contribution in [1.82, 2.24) is 0 Å². The van der Waals surface area contributed by atoms with Gasteiger partial charge in [-0.3, -0.25) is 4.79 Å². The van der Waals surface area contributed by atoms with Crippen molar-refractivity contribution in [2.45, 2.75) is 26.4 Å². The molecule has 2 unspecified atom stereocenters. The van der Waals surface area contributed by atoms with E-state index in [4.69, 9.17) is 4.74 Å². The monoisotopic (exact) mass is 222 g/mol. The Hall–Kier alpha value is -1.22. The standard InChI is InChI=1S/C13H15FO2/c1-8-3-10(6-12(14)4-8)13(15)11-5-9(2)16-7-11/h3-4,6,9,11H,5,7H2,1-2H3. The van der Waals surface area contributed by atoms with Crippen molar-refractivity contribution < 1.29 is 13.9 Å². The summed E-state index contributed by atoms with van der Waals surface area (Å²) in [7, 11) is 0. The molecule has 1 saturated heterocycles. The number of carbonyl (C=O) groups excluding carboxylic acids is 1. The maximum Gasteiger partial charge on any atom is 0.168 e. The molecule has 0 N–H and O–H groups in total. The van der Waals surface area contributed by atoms with Gasteiger partial charge in [0, 0.05) is 11.5 Å². The average Bonchev–Trinajstić information content (AvgIpc) is 2.62. The minimum absolute atomic E-state index is 0.00745. The van der Waals surface area contributed by atoms with Crippen LogP contribution in [0.3, 0.4) is 0 Å². The molecule has 0 aliphatic carbocycles. The quantitative estimate of drug-likeness (QED) is 0.719. The third-order valence-corrected chi connectivity index (χ3v) is 2.90. The van der Waals surface area contributed by atoms with E-state index in [0.29, 0.717) is 12.2 Å². The van der Waals surface area contributed by atoms with Crippen molar-refractivity contribution in [3.05, 3.63) is 35.1 Å². The highest BCUT2D eigenvalue weighted by Gasteiger charge is 2.29. The van der Waals surface area contributed by atoms with Crippen molar-refractivity contribution in [1.29, 1.82) is 0 Å². The minimum Gasteiger partial charge on any atom is -0.378 e. The fraction of sp³-hybridized carbons (Fsp3) is 0.462. The second-order valence-corrected chi connectivity index (χ2v) is 4.46. The van der Waals surface area contributed by atoms with Gasteiger partial charge in [0.15, 0.2) is 5.78 Å². The molecule has 1 aliphatic heterocycles. The molecule has 1 heterocycles. The Morgan fingerprint density at radius 2 is 2.19 bits per heavy atom. The fourth-order valence-electron chi connectivity index (χ4n) is 2.11. The zero-order valence-electron chi connectivity index (χ0n) is 9.50. The summed E-state index contributed by atoms with van der Waals surface area (Å²) in [5.41, 5.74) is 1.23. The Bertz CT molecular complexity index is 394. The molecule has 1 aliphatic rings. The summed E-state index contributed by atoms with van der Waals surface area (Å²) in [5.74, 6) is -0.474. The molecule has 0 amide bonds. The second kappa shape index (κ2) is 4.34. The molecule has 0 saturated carbocycles. The first-order valence-corrected chi connectivity index (χ1v) is 5.49. The molecule has 16 heavy (non-hydrogen) atoms. The average molecular weight is 222 g/mol. The highest BCUT2D eigenvalue weighted by molar-refractivity contribution is 5.98. The molecule has 3 heteroatoms. The lowest BCUT2D eigenvalue weighted by Crippen LogP contribution is -2.15. The van der Waals surface area contributed by atoms with Crippen LogP contribution >= 0.6 is 0 Å². The molecule has 2 nitrogen and oxygen atoms in total. The molecule has 1 aromatic rings. The van der Waals surface area contributed by atoms with Crippen molar-refractivity contribution in [3.63, 3.8) is 0 Å². The first-order valence-electron chi connectivity index (χ1n) is 5.49. The van der Waals surface area contributed by atoms with Gasteiger partial charge in [-0.2, -0.15) is 0 Å². The fourth-order valence-corrected chi connectivity index (χ4v) is 2.11. The highest BCUT2D eigenvalue weighted by atomic mass is 19.1. The Morgan fingerprint density at radius 3 is 2.75 bits per heavy atom. The third kappa shape index (κ3) is 2.30. The number of ether oxygens (including phenoxy) is 1. The second-order valence-electron chi connectivity index (χ2n) is 4.46. The van der Waals surface area contributed by atoms with Crippen LogP contribution in [-0.4, -0.2) is 18.5 Å². The zero-order chi connectivity index (χ0) is 11.7. The lowest BCUT2D eigenvalue weighted by atomic mass is 9.94. The molecule has 0 aromatic heterocycles. The van der Waals surface area contributed by atoms with Gasteiger partial charge in [-0.15, -0.1) is 0 Å². The molecule has 2 rings (SSSR count). The predicted octanol–water partition coefficient (Wildman–Crippen LogP) is 2.74. The third-order valence-electron chi connectivity index (χ3n) is 2.90. The molecule has 86 valence electrons. The molecular weight excluding hydrogens is 207 g/mol. The zero-order valence-corrected chi connectivity index (χ0v) is 9.50. The molecule has 2 atom stereocenters. The van der Waals surface area contributed by atoms with Gasteiger partial charge in [0.05, 0.1) is 12.7 Å². The topological polar surface area (TPSA) is 26.3 Å². The number of rotatable bonds is 2. The van der Waals surface area contributed by atoms with Crippen LogP contribution < -0.4 is 0 Å². The molecule has 0 radical (unpaired) electrons. The summed E-state index contributed by atoms with van der Waals surface area (Å²) in [6.07, 6.45) is 0.859. The van der Waals surface area contributed by atoms with E-state index in [0.717, 1.165) is 12.0 Å². The summed E-state index contributed by atoms with van der Waals surface area (Å²) >= 11 is 0. The van der Waals surface area contributed by atoms with E-state index in [1.165, 1.54) is 12.1 Å². The maximum atomic E-state index is 13.2. The van der Waals surface area contributed by atoms with Crippen molar-refractivity contribution in [2.24, 2.45) is 5.92 Å².